The molecule has 1 amide bonds. The van der Waals surface area contributed by atoms with Crippen molar-refractivity contribution in [1.82, 2.24) is 5.32 Å². The maximum absolute atomic E-state index is 13.5. The molecule has 9 heteroatoms. The Morgan fingerprint density at radius 2 is 1.82 bits per heavy atom. The van der Waals surface area contributed by atoms with Crippen LogP contribution in [0.4, 0.5) is 13.2 Å². The summed E-state index contributed by atoms with van der Waals surface area (Å²) in [6.07, 6.45) is -6.33. The highest BCUT2D eigenvalue weighted by Crippen LogP contribution is 2.42. The first-order valence-electron chi connectivity index (χ1n) is 8.39. The highest BCUT2D eigenvalue weighted by molar-refractivity contribution is 5.78. The van der Waals surface area contributed by atoms with Gasteiger partial charge in [0.2, 0.25) is 11.5 Å². The number of furan rings is 1. The van der Waals surface area contributed by atoms with E-state index in [1.54, 1.807) is 25.1 Å². The Labute approximate surface area is 160 Å². The fraction of sp³-hybridized carbons (Fsp3) is 0.421. The van der Waals surface area contributed by atoms with Crippen molar-refractivity contribution in [2.75, 3.05) is 14.2 Å². The van der Waals surface area contributed by atoms with E-state index in [-0.39, 0.29) is 5.76 Å². The van der Waals surface area contributed by atoms with E-state index in [4.69, 9.17) is 13.9 Å². The summed E-state index contributed by atoms with van der Waals surface area (Å²) < 4.78 is 55.7. The highest BCUT2D eigenvalue weighted by Gasteiger charge is 2.58. The number of aryl methyl sites for hydroxylation is 1. The molecule has 0 radical (unpaired) electrons. The molecule has 0 aliphatic carbocycles. The third kappa shape index (κ3) is 4.41. The topological polar surface area (TPSA) is 80.9 Å². The molecule has 2 atom stereocenters. The van der Waals surface area contributed by atoms with Crippen LogP contribution in [-0.2, 0) is 10.4 Å². The second-order valence-corrected chi connectivity index (χ2v) is 6.35. The summed E-state index contributed by atoms with van der Waals surface area (Å²) in [7, 11) is 2.91. The number of hydrogen-bond donors (Lipinski definition) is 2. The van der Waals surface area contributed by atoms with Crippen molar-refractivity contribution < 1.29 is 37.0 Å². The lowest BCUT2D eigenvalue weighted by Gasteiger charge is -2.28. The van der Waals surface area contributed by atoms with E-state index in [9.17, 15) is 23.1 Å². The molecule has 6 nitrogen and oxygen atoms in total. The normalized spacial score (nSPS) is 14.9. The molecular weight excluding hydrogens is 379 g/mol. The molecule has 0 unspecified atom stereocenters. The molecule has 0 aliphatic heterocycles. The van der Waals surface area contributed by atoms with Crippen LogP contribution in [0, 0.1) is 6.92 Å². The molecule has 0 aliphatic rings. The lowest BCUT2D eigenvalue weighted by molar-refractivity contribution is -0.273. The molecule has 2 rings (SSSR count). The first kappa shape index (κ1) is 21.6. The molecule has 1 aromatic heterocycles. The first-order valence-corrected chi connectivity index (χ1v) is 8.39. The van der Waals surface area contributed by atoms with Crippen LogP contribution in [0.2, 0.25) is 0 Å². The second kappa shape index (κ2) is 8.14. The van der Waals surface area contributed by atoms with E-state index in [1.807, 2.05) is 0 Å². The minimum absolute atomic E-state index is 0.191. The van der Waals surface area contributed by atoms with Crippen LogP contribution in [0.5, 0.6) is 11.5 Å². The number of ether oxygens (including phenoxy) is 2. The van der Waals surface area contributed by atoms with E-state index < -0.39 is 35.9 Å². The number of amides is 1. The summed E-state index contributed by atoms with van der Waals surface area (Å²) in [5.41, 5.74) is -2.83. The monoisotopic (exact) mass is 401 g/mol. The van der Waals surface area contributed by atoms with Crippen LogP contribution in [0.25, 0.3) is 0 Å². The molecular formula is C19H22F3NO5. The number of rotatable bonds is 7. The third-order valence-electron chi connectivity index (χ3n) is 4.32. The molecule has 2 N–H and O–H groups in total. The summed E-state index contributed by atoms with van der Waals surface area (Å²) >= 11 is 0. The fourth-order valence-electron chi connectivity index (χ4n) is 2.71. The van der Waals surface area contributed by atoms with Crippen LogP contribution in [-0.4, -0.2) is 31.4 Å². The Morgan fingerprint density at radius 3 is 2.32 bits per heavy atom. The average Bonchev–Trinajstić information content (AvgIpc) is 3.06. The van der Waals surface area contributed by atoms with Crippen molar-refractivity contribution in [2.45, 2.75) is 38.1 Å². The lowest BCUT2D eigenvalue weighted by Crippen LogP contribution is -2.46. The van der Waals surface area contributed by atoms with Gasteiger partial charge in [-0.05, 0) is 43.7 Å². The van der Waals surface area contributed by atoms with Gasteiger partial charge in [-0.1, -0.05) is 6.07 Å². The van der Waals surface area contributed by atoms with Crippen molar-refractivity contribution in [2.24, 2.45) is 0 Å². The lowest BCUT2D eigenvalue weighted by atomic mass is 9.95. The predicted octanol–water partition coefficient (Wildman–Crippen LogP) is 3.62. The van der Waals surface area contributed by atoms with Crippen molar-refractivity contribution in [1.29, 1.82) is 0 Å². The van der Waals surface area contributed by atoms with Crippen LogP contribution < -0.4 is 14.8 Å². The Kier molecular flexibility index (Phi) is 6.28. The number of nitrogens with one attached hydrogen (secondary N) is 1. The van der Waals surface area contributed by atoms with Crippen LogP contribution in [0.15, 0.2) is 34.7 Å². The van der Waals surface area contributed by atoms with Gasteiger partial charge in [0.1, 0.15) is 11.5 Å². The van der Waals surface area contributed by atoms with Gasteiger partial charge in [-0.2, -0.15) is 13.2 Å². The fourth-order valence-corrected chi connectivity index (χ4v) is 2.71. The van der Waals surface area contributed by atoms with Gasteiger partial charge < -0.3 is 24.3 Å². The van der Waals surface area contributed by atoms with Crippen molar-refractivity contribution >= 4 is 5.91 Å². The zero-order valence-electron chi connectivity index (χ0n) is 15.9. The maximum Gasteiger partial charge on any atom is 0.425 e. The van der Waals surface area contributed by atoms with Crippen LogP contribution in [0.3, 0.4) is 0 Å². The Morgan fingerprint density at radius 1 is 1.18 bits per heavy atom. The standard InChI is InChI=1S/C19H22F3NO5/c1-11-5-8-16(28-11)18(25,19(20,21)22)10-17(24)23-12(2)13-6-7-14(26-3)15(9-13)27-4/h5-9,12,25H,10H2,1-4H3,(H,23,24)/t12-,18-/m1/s1. The van der Waals surface area contributed by atoms with Crippen LogP contribution in [0.1, 0.15) is 36.5 Å². The molecule has 0 saturated heterocycles. The molecule has 0 saturated carbocycles. The van der Waals surface area contributed by atoms with E-state index >= 15 is 0 Å². The van der Waals surface area contributed by atoms with Crippen molar-refractivity contribution in [3.05, 3.63) is 47.4 Å². The molecule has 154 valence electrons. The first-order chi connectivity index (χ1) is 13.0. The van der Waals surface area contributed by atoms with Gasteiger partial charge in [0.05, 0.1) is 26.7 Å². The van der Waals surface area contributed by atoms with Crippen molar-refractivity contribution in [3.8, 4) is 11.5 Å². The van der Waals surface area contributed by atoms with Gasteiger partial charge in [-0.25, -0.2) is 0 Å². The number of aliphatic hydroxyl groups is 1. The minimum atomic E-state index is -5.10. The molecule has 1 heterocycles. The third-order valence-corrected chi connectivity index (χ3v) is 4.32. The van der Waals surface area contributed by atoms with E-state index in [0.717, 1.165) is 6.07 Å². The summed E-state index contributed by atoms with van der Waals surface area (Å²) in [6.45, 7) is 3.04. The predicted molar refractivity (Wildman–Crippen MR) is 94.1 cm³/mol. The molecule has 28 heavy (non-hydrogen) atoms. The average molecular weight is 401 g/mol. The summed E-state index contributed by atoms with van der Waals surface area (Å²) in [5, 5.41) is 12.7. The molecule has 2 aromatic rings. The molecule has 1 aromatic carbocycles. The van der Waals surface area contributed by atoms with Crippen LogP contribution >= 0.6 is 0 Å². The second-order valence-electron chi connectivity index (χ2n) is 6.35. The minimum Gasteiger partial charge on any atom is -0.493 e. The van der Waals surface area contributed by atoms with E-state index in [0.29, 0.717) is 17.1 Å². The van der Waals surface area contributed by atoms with E-state index in [2.05, 4.69) is 5.32 Å². The summed E-state index contributed by atoms with van der Waals surface area (Å²) in [6, 6.07) is 6.54. The van der Waals surface area contributed by atoms with Gasteiger partial charge in [0.25, 0.3) is 0 Å². The quantitative estimate of drug-likeness (QED) is 0.741. The Bertz CT molecular complexity index is 833. The van der Waals surface area contributed by atoms with Gasteiger partial charge in [0.15, 0.2) is 11.5 Å². The SMILES string of the molecule is COc1ccc([C@@H](C)NC(=O)C[C@@](O)(c2ccc(C)o2)C(F)(F)F)cc1OC. The number of carbonyl (C=O) groups is 1. The number of alkyl halides is 3. The molecule has 0 bridgehead atoms. The zero-order valence-corrected chi connectivity index (χ0v) is 15.9. The summed E-state index contributed by atoms with van der Waals surface area (Å²) in [5.74, 6) is -0.636. The van der Waals surface area contributed by atoms with Gasteiger partial charge in [0, 0.05) is 0 Å². The zero-order chi connectivity index (χ0) is 21.1. The molecule has 0 fully saturated rings. The largest absolute Gasteiger partial charge is 0.493 e. The Hall–Kier alpha value is -2.68. The van der Waals surface area contributed by atoms with Gasteiger partial charge in [-0.3, -0.25) is 4.79 Å². The Balaban J connectivity index is 2.19. The van der Waals surface area contributed by atoms with E-state index in [1.165, 1.54) is 27.2 Å². The maximum atomic E-state index is 13.5. The summed E-state index contributed by atoms with van der Waals surface area (Å²) in [4.78, 5) is 12.3. The highest BCUT2D eigenvalue weighted by atomic mass is 19.4. The van der Waals surface area contributed by atoms with Crippen molar-refractivity contribution in [3.63, 3.8) is 0 Å². The number of hydrogen-bond acceptors (Lipinski definition) is 5. The number of methoxy groups -OCH3 is 2. The smallest absolute Gasteiger partial charge is 0.425 e. The van der Waals surface area contributed by atoms with Gasteiger partial charge in [-0.15, -0.1) is 0 Å². The number of carbonyl (C=O) groups excluding carboxylic acids is 1. The molecule has 0 spiro atoms. The van der Waals surface area contributed by atoms with Gasteiger partial charge >= 0.3 is 6.18 Å². The number of benzene rings is 1. The number of halogens is 3.